The molecule has 2 aliphatic carbocycles. The molecule has 7 rings (SSSR count). The first-order valence-corrected chi connectivity index (χ1v) is 15.6. The van der Waals surface area contributed by atoms with Crippen molar-refractivity contribution in [1.82, 2.24) is 4.98 Å². The van der Waals surface area contributed by atoms with E-state index in [1.54, 1.807) is 42.5 Å². The lowest BCUT2D eigenvalue weighted by atomic mass is 9.85. The van der Waals surface area contributed by atoms with Gasteiger partial charge in [0.05, 0.1) is 23.4 Å². The number of nitrogens with one attached hydrogen (secondary N) is 1. The number of ether oxygens (including phenoxy) is 1. The van der Waals surface area contributed by atoms with E-state index < -0.39 is 5.97 Å². The van der Waals surface area contributed by atoms with Crippen LogP contribution in [0.2, 0.25) is 0 Å². The van der Waals surface area contributed by atoms with Gasteiger partial charge in [-0.2, -0.15) is 0 Å². The number of thioether (sulfide) groups is 1. The standard InChI is InChI=1S/C16H13NO4.C11H13NOS2.C6H6/c1-21-16(20)14-4-2-3-13(9-14)12-5-7-15(8-6-12)17(10-18)11-19;13-11-12-10-8(14-11)4-7-5-1-2-6(3-5)9(7)15-10;1-2-4-6-5-3-1/h2-11H,1H3;5-7,9H,1-4H2,(H,12,13);1-6H/t;5-,6+,7+,9-;/m.1./s1. The predicted molar refractivity (Wildman–Crippen MR) is 167 cm³/mol. The summed E-state index contributed by atoms with van der Waals surface area (Å²) in [5.74, 6) is 2.40. The van der Waals surface area contributed by atoms with Crippen LogP contribution in [-0.4, -0.2) is 36.1 Å². The molecule has 42 heavy (non-hydrogen) atoms. The van der Waals surface area contributed by atoms with E-state index in [9.17, 15) is 19.2 Å². The van der Waals surface area contributed by atoms with Crippen LogP contribution >= 0.6 is 23.1 Å². The van der Waals surface area contributed by atoms with Gasteiger partial charge in [-0.15, -0.1) is 11.8 Å². The highest BCUT2D eigenvalue weighted by Gasteiger charge is 2.50. The molecule has 3 aromatic carbocycles. The molecule has 9 heteroatoms. The molecule has 0 radical (unpaired) electrons. The van der Waals surface area contributed by atoms with Gasteiger partial charge in [-0.3, -0.25) is 19.3 Å². The van der Waals surface area contributed by atoms with Crippen LogP contribution in [0.5, 0.6) is 0 Å². The smallest absolute Gasteiger partial charge is 0.337 e. The first kappa shape index (κ1) is 29.5. The third kappa shape index (κ3) is 6.74. The Morgan fingerprint density at radius 1 is 0.905 bits per heavy atom. The van der Waals surface area contributed by atoms with Gasteiger partial charge < -0.3 is 9.72 Å². The highest BCUT2D eigenvalue weighted by atomic mass is 32.2. The van der Waals surface area contributed by atoms with Crippen LogP contribution in [0.1, 0.15) is 34.5 Å². The number of amides is 2. The van der Waals surface area contributed by atoms with Gasteiger partial charge in [-0.25, -0.2) is 4.79 Å². The second-order valence-electron chi connectivity index (χ2n) is 10.4. The lowest BCUT2D eigenvalue weighted by Gasteiger charge is -2.33. The van der Waals surface area contributed by atoms with Crippen molar-refractivity contribution in [3.05, 3.63) is 105 Å². The van der Waals surface area contributed by atoms with Gasteiger partial charge in [0.2, 0.25) is 12.8 Å². The monoisotopic (exact) mass is 600 g/mol. The van der Waals surface area contributed by atoms with Crippen molar-refractivity contribution in [1.29, 1.82) is 0 Å². The minimum atomic E-state index is -0.401. The van der Waals surface area contributed by atoms with Crippen molar-refractivity contribution >= 4 is 47.6 Å². The van der Waals surface area contributed by atoms with E-state index in [1.807, 2.05) is 54.2 Å². The maximum atomic E-state index is 11.5. The lowest BCUT2D eigenvalue weighted by Crippen LogP contribution is -2.29. The maximum absolute atomic E-state index is 11.5. The summed E-state index contributed by atoms with van der Waals surface area (Å²) in [6.07, 6.45) is 6.41. The number of H-pyrrole nitrogens is 1. The Bertz CT molecular complexity index is 1490. The molecule has 7 nitrogen and oxygen atoms in total. The number of imide groups is 1. The van der Waals surface area contributed by atoms with Crippen LogP contribution in [0.4, 0.5) is 5.69 Å². The third-order valence-electron chi connectivity index (χ3n) is 8.04. The molecule has 1 N–H and O–H groups in total. The molecular formula is C33H32N2O5S2. The van der Waals surface area contributed by atoms with Gasteiger partial charge in [0.25, 0.3) is 0 Å². The fraction of sp³-hybridized carbons (Fsp3) is 0.273. The van der Waals surface area contributed by atoms with Gasteiger partial charge in [0.1, 0.15) is 0 Å². The van der Waals surface area contributed by atoms with Gasteiger partial charge in [0, 0.05) is 10.1 Å². The van der Waals surface area contributed by atoms with E-state index >= 15 is 0 Å². The van der Waals surface area contributed by atoms with Crippen LogP contribution in [0.25, 0.3) is 11.1 Å². The molecule has 0 saturated heterocycles. The molecule has 0 unspecified atom stereocenters. The maximum Gasteiger partial charge on any atom is 0.337 e. The van der Waals surface area contributed by atoms with E-state index in [0.717, 1.165) is 39.0 Å². The molecular weight excluding hydrogens is 569 g/mol. The number of anilines is 1. The van der Waals surface area contributed by atoms with E-state index in [-0.39, 0.29) is 4.87 Å². The Hall–Kier alpha value is -3.95. The average molecular weight is 601 g/mol. The summed E-state index contributed by atoms with van der Waals surface area (Å²) in [6.45, 7) is 0. The minimum Gasteiger partial charge on any atom is -0.465 e. The quantitative estimate of drug-likeness (QED) is 0.209. The third-order valence-corrected chi connectivity index (χ3v) is 10.7. The SMILES string of the molecule is COC(=O)c1cccc(-c2ccc(N(C=O)C=O)cc2)c1.O=c1[nH]c2c(s1)C[C@H]1[C@@H]3CC[C@@H](C3)[C@H]1S2.c1ccccc1. The van der Waals surface area contributed by atoms with E-state index in [1.165, 1.54) is 54.0 Å². The van der Waals surface area contributed by atoms with Crippen LogP contribution in [-0.2, 0) is 20.7 Å². The first-order valence-electron chi connectivity index (χ1n) is 13.9. The van der Waals surface area contributed by atoms with Crippen LogP contribution < -0.4 is 9.77 Å². The summed E-state index contributed by atoms with van der Waals surface area (Å²) in [5.41, 5.74) is 2.64. The molecule has 1 aliphatic heterocycles. The Kier molecular flexibility index (Phi) is 9.71. The summed E-state index contributed by atoms with van der Waals surface area (Å²) in [7, 11) is 1.33. The van der Waals surface area contributed by atoms with Crippen LogP contribution in [0.15, 0.2) is 94.7 Å². The first-order chi connectivity index (χ1) is 20.5. The molecule has 2 bridgehead atoms. The Morgan fingerprint density at radius 3 is 2.21 bits per heavy atom. The molecule has 2 heterocycles. The second kappa shape index (κ2) is 13.8. The lowest BCUT2D eigenvalue weighted by molar-refractivity contribution is -0.114. The fourth-order valence-electron chi connectivity index (χ4n) is 6.05. The van der Waals surface area contributed by atoms with Gasteiger partial charge in [0.15, 0.2) is 0 Å². The van der Waals surface area contributed by atoms with Crippen LogP contribution in [0, 0.1) is 17.8 Å². The molecule has 1 aromatic heterocycles. The van der Waals surface area contributed by atoms with Crippen molar-refractivity contribution in [2.24, 2.45) is 17.8 Å². The number of fused-ring (bicyclic) bond motifs is 6. The molecule has 2 amide bonds. The van der Waals surface area contributed by atoms with Gasteiger partial charge in [-0.1, -0.05) is 72.0 Å². The number of aromatic nitrogens is 1. The number of esters is 1. The van der Waals surface area contributed by atoms with Crippen molar-refractivity contribution < 1.29 is 19.1 Å². The molecule has 4 aromatic rings. The molecule has 3 aliphatic rings. The largest absolute Gasteiger partial charge is 0.465 e. The zero-order valence-corrected chi connectivity index (χ0v) is 24.8. The van der Waals surface area contributed by atoms with Crippen molar-refractivity contribution in [2.45, 2.75) is 36.0 Å². The van der Waals surface area contributed by atoms with Crippen molar-refractivity contribution in [3.63, 3.8) is 0 Å². The Balaban J connectivity index is 0.000000144. The average Bonchev–Trinajstić information content (AvgIpc) is 3.76. The number of thiazole rings is 1. The van der Waals surface area contributed by atoms with Crippen molar-refractivity contribution in [2.75, 3.05) is 12.0 Å². The number of carbonyl (C=O) groups is 3. The number of hydrogen-bond acceptors (Lipinski definition) is 7. The fourth-order valence-corrected chi connectivity index (χ4v) is 8.75. The summed E-state index contributed by atoms with van der Waals surface area (Å²) in [4.78, 5) is 49.6. The normalized spacial score (nSPS) is 20.9. The highest BCUT2D eigenvalue weighted by molar-refractivity contribution is 8.00. The zero-order valence-electron chi connectivity index (χ0n) is 23.2. The Morgan fingerprint density at radius 2 is 1.57 bits per heavy atom. The zero-order chi connectivity index (χ0) is 29.5. The van der Waals surface area contributed by atoms with E-state index in [0.29, 0.717) is 24.1 Å². The molecule has 216 valence electrons. The molecule has 2 fully saturated rings. The summed E-state index contributed by atoms with van der Waals surface area (Å²) in [6, 6.07) is 25.9. The highest BCUT2D eigenvalue weighted by Crippen LogP contribution is 2.58. The topological polar surface area (TPSA) is 96.5 Å². The number of nitrogens with zero attached hydrogens (tertiary/aromatic N) is 1. The molecule has 2 saturated carbocycles. The molecule has 4 atom stereocenters. The minimum absolute atomic E-state index is 0.139. The summed E-state index contributed by atoms with van der Waals surface area (Å²) >= 11 is 3.40. The number of aromatic amines is 1. The summed E-state index contributed by atoms with van der Waals surface area (Å²) in [5, 5.41) is 2.01. The summed E-state index contributed by atoms with van der Waals surface area (Å²) < 4.78 is 4.68. The second-order valence-corrected chi connectivity index (χ2v) is 12.7. The number of hydrogen-bond donors (Lipinski definition) is 1. The van der Waals surface area contributed by atoms with E-state index in [4.69, 9.17) is 0 Å². The Labute approximate surface area is 252 Å². The number of carbonyl (C=O) groups excluding carboxylic acids is 3. The predicted octanol–water partition coefficient (Wildman–Crippen LogP) is 6.45. The van der Waals surface area contributed by atoms with Crippen LogP contribution in [0.3, 0.4) is 0 Å². The number of methoxy groups -OCH3 is 1. The molecule has 0 spiro atoms. The van der Waals surface area contributed by atoms with Crippen molar-refractivity contribution in [3.8, 4) is 11.1 Å². The van der Waals surface area contributed by atoms with Gasteiger partial charge in [-0.05, 0) is 78.8 Å². The number of rotatable bonds is 5. The van der Waals surface area contributed by atoms with Gasteiger partial charge >= 0.3 is 10.8 Å². The number of benzene rings is 3. The van der Waals surface area contributed by atoms with E-state index in [2.05, 4.69) is 9.72 Å².